The lowest BCUT2D eigenvalue weighted by molar-refractivity contribution is 0.179. The molecule has 0 bridgehead atoms. The Labute approximate surface area is 155 Å². The van der Waals surface area contributed by atoms with Crippen LogP contribution in [0.4, 0.5) is 10.9 Å². The molecule has 4 heterocycles. The summed E-state index contributed by atoms with van der Waals surface area (Å²) in [6, 6.07) is 0. The lowest BCUT2D eigenvalue weighted by atomic mass is 10.2. The first kappa shape index (κ1) is 17.1. The highest BCUT2D eigenvalue weighted by Crippen LogP contribution is 2.25. The molecule has 1 aliphatic heterocycles. The zero-order valence-electron chi connectivity index (χ0n) is 15.2. The molecule has 9 nitrogen and oxygen atoms in total. The first-order chi connectivity index (χ1) is 12.7. The summed E-state index contributed by atoms with van der Waals surface area (Å²) in [6.45, 7) is 8.27. The number of nitrogens with zero attached hydrogens (tertiary/aromatic N) is 8. The van der Waals surface area contributed by atoms with Crippen LogP contribution in [0, 0.1) is 13.8 Å². The van der Waals surface area contributed by atoms with Crippen LogP contribution < -0.4 is 9.80 Å². The van der Waals surface area contributed by atoms with Crippen molar-refractivity contribution < 1.29 is 4.74 Å². The Balaban J connectivity index is 1.57. The van der Waals surface area contributed by atoms with E-state index in [9.17, 15) is 0 Å². The Bertz CT molecular complexity index is 907. The normalized spacial score (nSPS) is 15.7. The minimum Gasteiger partial charge on any atom is -0.377 e. The van der Waals surface area contributed by atoms with Crippen LogP contribution in [-0.4, -0.2) is 62.2 Å². The highest BCUT2D eigenvalue weighted by molar-refractivity contribution is 7.09. The highest BCUT2D eigenvalue weighted by Gasteiger charge is 2.22. The standard InChI is InChI=1S/C16H22N8OS/c1-11-12(2)19-15-17-10-18-24(15)14(11)22-5-4-6-23(8-7-22)16-20-13(9-25-3)21-26-16/h10H,4-9H2,1-3H3. The molecule has 0 aliphatic carbocycles. The Morgan fingerprint density at radius 1 is 1.12 bits per heavy atom. The monoisotopic (exact) mass is 374 g/mol. The van der Waals surface area contributed by atoms with Gasteiger partial charge in [-0.2, -0.15) is 19.0 Å². The Morgan fingerprint density at radius 2 is 1.92 bits per heavy atom. The van der Waals surface area contributed by atoms with E-state index >= 15 is 0 Å². The fraction of sp³-hybridized carbons (Fsp3) is 0.562. The van der Waals surface area contributed by atoms with Crippen molar-refractivity contribution in [3.63, 3.8) is 0 Å². The fourth-order valence-electron chi connectivity index (χ4n) is 3.27. The number of fused-ring (bicyclic) bond motifs is 1. The number of ether oxygens (including phenoxy) is 1. The average Bonchev–Trinajstić information content (AvgIpc) is 3.21. The number of methoxy groups -OCH3 is 1. The second kappa shape index (κ2) is 7.12. The van der Waals surface area contributed by atoms with Gasteiger partial charge in [-0.25, -0.2) is 9.97 Å². The summed E-state index contributed by atoms with van der Waals surface area (Å²) in [5, 5.41) is 5.35. The van der Waals surface area contributed by atoms with E-state index in [4.69, 9.17) is 4.74 Å². The van der Waals surface area contributed by atoms with Crippen molar-refractivity contribution in [3.8, 4) is 0 Å². The summed E-state index contributed by atoms with van der Waals surface area (Å²) in [7, 11) is 1.66. The number of hydrogen-bond acceptors (Lipinski definition) is 9. The van der Waals surface area contributed by atoms with Gasteiger partial charge in [0.15, 0.2) is 5.82 Å². The summed E-state index contributed by atoms with van der Waals surface area (Å²) in [5.74, 6) is 2.49. The minimum absolute atomic E-state index is 0.455. The molecular formula is C16H22N8OS. The average molecular weight is 374 g/mol. The van der Waals surface area contributed by atoms with Crippen molar-refractivity contribution in [2.45, 2.75) is 26.9 Å². The molecule has 138 valence electrons. The van der Waals surface area contributed by atoms with Crippen LogP contribution in [-0.2, 0) is 11.3 Å². The maximum atomic E-state index is 5.12. The van der Waals surface area contributed by atoms with Crippen LogP contribution in [0.3, 0.4) is 0 Å². The van der Waals surface area contributed by atoms with Crippen molar-refractivity contribution in [2.75, 3.05) is 43.1 Å². The van der Waals surface area contributed by atoms with Crippen LogP contribution >= 0.6 is 11.5 Å². The molecule has 0 N–H and O–H groups in total. The molecule has 1 fully saturated rings. The second-order valence-electron chi connectivity index (χ2n) is 6.37. The van der Waals surface area contributed by atoms with E-state index in [0.717, 1.165) is 60.6 Å². The van der Waals surface area contributed by atoms with Gasteiger partial charge in [0.05, 0.1) is 0 Å². The lowest BCUT2D eigenvalue weighted by Gasteiger charge is -2.25. The van der Waals surface area contributed by atoms with Gasteiger partial charge in [-0.05, 0) is 20.3 Å². The Hall–Kier alpha value is -2.33. The van der Waals surface area contributed by atoms with Gasteiger partial charge in [0.1, 0.15) is 18.8 Å². The van der Waals surface area contributed by atoms with E-state index in [1.54, 1.807) is 13.4 Å². The maximum Gasteiger partial charge on any atom is 0.254 e. The first-order valence-electron chi connectivity index (χ1n) is 8.65. The zero-order chi connectivity index (χ0) is 18.1. The molecule has 4 rings (SSSR count). The molecule has 0 amide bonds. The first-order valence-corrected chi connectivity index (χ1v) is 9.43. The lowest BCUT2D eigenvalue weighted by Crippen LogP contribution is -2.32. The number of aryl methyl sites for hydroxylation is 1. The topological polar surface area (TPSA) is 84.6 Å². The largest absolute Gasteiger partial charge is 0.377 e. The molecule has 1 aliphatic rings. The number of aromatic nitrogens is 6. The van der Waals surface area contributed by atoms with Gasteiger partial charge in [-0.1, -0.05) is 0 Å². The van der Waals surface area contributed by atoms with E-state index in [-0.39, 0.29) is 0 Å². The summed E-state index contributed by atoms with van der Waals surface area (Å²) < 4.78 is 11.3. The predicted molar refractivity (Wildman–Crippen MR) is 99.9 cm³/mol. The van der Waals surface area contributed by atoms with Gasteiger partial charge in [0, 0.05) is 56.1 Å². The summed E-state index contributed by atoms with van der Waals surface area (Å²) in [5.41, 5.74) is 2.14. The summed E-state index contributed by atoms with van der Waals surface area (Å²) >= 11 is 1.44. The summed E-state index contributed by atoms with van der Waals surface area (Å²) in [4.78, 5) is 18.0. The minimum atomic E-state index is 0.455. The SMILES string of the molecule is COCc1nsc(N2CCCN(c3c(C)c(C)nc4ncnn34)CC2)n1. The molecule has 3 aromatic heterocycles. The molecule has 0 unspecified atom stereocenters. The van der Waals surface area contributed by atoms with Gasteiger partial charge in [0.25, 0.3) is 5.78 Å². The van der Waals surface area contributed by atoms with Crippen LogP contribution in [0.1, 0.15) is 23.5 Å². The van der Waals surface area contributed by atoms with Crippen molar-refractivity contribution in [2.24, 2.45) is 0 Å². The molecule has 0 radical (unpaired) electrons. The van der Waals surface area contributed by atoms with E-state index in [0.29, 0.717) is 12.4 Å². The van der Waals surface area contributed by atoms with Crippen LogP contribution in [0.15, 0.2) is 6.33 Å². The fourth-order valence-corrected chi connectivity index (χ4v) is 3.99. The van der Waals surface area contributed by atoms with E-state index in [1.807, 2.05) is 11.4 Å². The van der Waals surface area contributed by atoms with Gasteiger partial charge >= 0.3 is 0 Å². The Kier molecular flexibility index (Phi) is 4.68. The molecule has 26 heavy (non-hydrogen) atoms. The molecule has 3 aromatic rings. The molecule has 0 atom stereocenters. The van der Waals surface area contributed by atoms with Crippen molar-refractivity contribution in [1.29, 1.82) is 0 Å². The van der Waals surface area contributed by atoms with Gasteiger partial charge in [-0.3, -0.25) is 0 Å². The maximum absolute atomic E-state index is 5.12. The van der Waals surface area contributed by atoms with Crippen molar-refractivity contribution >= 4 is 28.3 Å². The van der Waals surface area contributed by atoms with E-state index in [1.165, 1.54) is 11.5 Å². The van der Waals surface area contributed by atoms with Crippen LogP contribution in [0.2, 0.25) is 0 Å². The third-order valence-corrected chi connectivity index (χ3v) is 5.49. The van der Waals surface area contributed by atoms with Gasteiger partial charge < -0.3 is 14.5 Å². The van der Waals surface area contributed by atoms with E-state index in [2.05, 4.69) is 41.1 Å². The quantitative estimate of drug-likeness (QED) is 0.678. The van der Waals surface area contributed by atoms with Gasteiger partial charge in [-0.15, -0.1) is 0 Å². The number of hydrogen-bond donors (Lipinski definition) is 0. The molecule has 0 spiro atoms. The highest BCUT2D eigenvalue weighted by atomic mass is 32.1. The summed E-state index contributed by atoms with van der Waals surface area (Å²) in [6.07, 6.45) is 2.60. The van der Waals surface area contributed by atoms with Crippen molar-refractivity contribution in [3.05, 3.63) is 23.4 Å². The predicted octanol–water partition coefficient (Wildman–Crippen LogP) is 1.46. The number of rotatable bonds is 4. The molecule has 1 saturated heterocycles. The number of anilines is 2. The van der Waals surface area contributed by atoms with Gasteiger partial charge in [0.2, 0.25) is 5.13 Å². The smallest absolute Gasteiger partial charge is 0.254 e. The van der Waals surface area contributed by atoms with E-state index < -0.39 is 0 Å². The molecule has 10 heteroatoms. The third-order valence-electron chi connectivity index (χ3n) is 4.67. The molecular weight excluding hydrogens is 352 g/mol. The van der Waals surface area contributed by atoms with Crippen LogP contribution in [0.5, 0.6) is 0 Å². The van der Waals surface area contributed by atoms with Crippen LogP contribution in [0.25, 0.3) is 5.78 Å². The van der Waals surface area contributed by atoms with Crippen molar-refractivity contribution in [1.82, 2.24) is 28.9 Å². The molecule has 0 aromatic carbocycles. The zero-order valence-corrected chi connectivity index (χ0v) is 16.0. The second-order valence-corrected chi connectivity index (χ2v) is 7.10. The third kappa shape index (κ3) is 3.10. The molecule has 0 saturated carbocycles. The Morgan fingerprint density at radius 3 is 2.77 bits per heavy atom.